The van der Waals surface area contributed by atoms with Crippen LogP contribution in [-0.4, -0.2) is 11.1 Å². The van der Waals surface area contributed by atoms with E-state index in [9.17, 15) is 10.1 Å². The third-order valence-electron chi connectivity index (χ3n) is 4.90. The number of amides is 1. The summed E-state index contributed by atoms with van der Waals surface area (Å²) < 4.78 is 5.51. The summed E-state index contributed by atoms with van der Waals surface area (Å²) in [6.45, 7) is 2.06. The molecule has 4 aromatic rings. The van der Waals surface area contributed by atoms with Gasteiger partial charge in [-0.25, -0.2) is 0 Å². The molecule has 0 atom stereocenters. The third-order valence-corrected chi connectivity index (χ3v) is 5.16. The molecule has 5 nitrogen and oxygen atoms in total. The normalized spacial score (nSPS) is 11.3. The van der Waals surface area contributed by atoms with Crippen LogP contribution in [0.1, 0.15) is 18.1 Å². The van der Waals surface area contributed by atoms with Crippen molar-refractivity contribution in [1.29, 1.82) is 5.26 Å². The highest BCUT2D eigenvalue weighted by atomic mass is 35.5. The minimum Gasteiger partial charge on any atom is -0.355 e. The summed E-state index contributed by atoms with van der Waals surface area (Å²) in [5, 5.41) is 17.8. The van der Waals surface area contributed by atoms with Crippen LogP contribution in [0.5, 0.6) is 0 Å². The van der Waals surface area contributed by atoms with Crippen LogP contribution in [0.2, 0.25) is 5.02 Å². The molecule has 152 valence electrons. The van der Waals surface area contributed by atoms with Gasteiger partial charge in [0.2, 0.25) is 0 Å². The summed E-state index contributed by atoms with van der Waals surface area (Å²) in [6.07, 6.45) is 2.47. The van der Waals surface area contributed by atoms with Crippen LogP contribution in [0.4, 0.5) is 5.69 Å². The number of carbonyl (C=O) groups excluding carboxylic acids is 1. The SMILES string of the molecule is CCc1ccc(NC(=O)/C(C#N)=C/c2ccc3noc(-c4ccc(Cl)cc4)c3c2)cc1. The topological polar surface area (TPSA) is 78.9 Å². The summed E-state index contributed by atoms with van der Waals surface area (Å²) in [5.41, 5.74) is 4.03. The highest BCUT2D eigenvalue weighted by molar-refractivity contribution is 6.30. The maximum Gasteiger partial charge on any atom is 0.266 e. The molecule has 0 fully saturated rings. The zero-order chi connectivity index (χ0) is 21.8. The van der Waals surface area contributed by atoms with Gasteiger partial charge in [-0.05, 0) is 72.2 Å². The van der Waals surface area contributed by atoms with Crippen molar-refractivity contribution in [3.63, 3.8) is 0 Å². The fraction of sp³-hybridized carbons (Fsp3) is 0.0800. The second-order valence-corrected chi connectivity index (χ2v) is 7.41. The van der Waals surface area contributed by atoms with Gasteiger partial charge in [-0.2, -0.15) is 5.26 Å². The van der Waals surface area contributed by atoms with Crippen molar-refractivity contribution in [3.8, 4) is 17.4 Å². The Morgan fingerprint density at radius 3 is 2.55 bits per heavy atom. The summed E-state index contributed by atoms with van der Waals surface area (Å²) in [4.78, 5) is 12.6. The molecular weight excluding hydrogens is 410 g/mol. The van der Waals surface area contributed by atoms with Crippen molar-refractivity contribution in [2.45, 2.75) is 13.3 Å². The lowest BCUT2D eigenvalue weighted by atomic mass is 10.0. The smallest absolute Gasteiger partial charge is 0.266 e. The predicted octanol–water partition coefficient (Wildman–Crippen LogP) is 6.26. The third kappa shape index (κ3) is 4.50. The first-order valence-electron chi connectivity index (χ1n) is 9.75. The molecule has 3 aromatic carbocycles. The van der Waals surface area contributed by atoms with Crippen LogP contribution in [0.15, 0.2) is 76.8 Å². The first-order chi connectivity index (χ1) is 15.1. The zero-order valence-electron chi connectivity index (χ0n) is 16.7. The molecule has 0 radical (unpaired) electrons. The van der Waals surface area contributed by atoms with Crippen LogP contribution in [0.3, 0.4) is 0 Å². The number of hydrogen-bond donors (Lipinski definition) is 1. The Balaban J connectivity index is 1.63. The van der Waals surface area contributed by atoms with Gasteiger partial charge in [0.15, 0.2) is 5.76 Å². The fourth-order valence-electron chi connectivity index (χ4n) is 3.20. The van der Waals surface area contributed by atoms with Crippen molar-refractivity contribution >= 4 is 40.2 Å². The van der Waals surface area contributed by atoms with Crippen LogP contribution in [-0.2, 0) is 11.2 Å². The molecule has 4 rings (SSSR count). The van der Waals surface area contributed by atoms with Gasteiger partial charge in [-0.3, -0.25) is 4.79 Å². The van der Waals surface area contributed by atoms with Crippen molar-refractivity contribution in [2.75, 3.05) is 5.32 Å². The maximum atomic E-state index is 12.6. The summed E-state index contributed by atoms with van der Waals surface area (Å²) in [5.74, 6) is 0.135. The molecule has 0 saturated carbocycles. The zero-order valence-corrected chi connectivity index (χ0v) is 17.5. The Kier molecular flexibility index (Phi) is 5.83. The van der Waals surface area contributed by atoms with Crippen molar-refractivity contribution in [1.82, 2.24) is 5.16 Å². The van der Waals surface area contributed by atoms with Gasteiger partial charge in [0, 0.05) is 16.3 Å². The highest BCUT2D eigenvalue weighted by Crippen LogP contribution is 2.30. The average molecular weight is 428 g/mol. The number of nitrogens with zero attached hydrogens (tertiary/aromatic N) is 2. The molecule has 31 heavy (non-hydrogen) atoms. The second-order valence-electron chi connectivity index (χ2n) is 6.97. The average Bonchev–Trinajstić information content (AvgIpc) is 3.21. The Morgan fingerprint density at radius 2 is 1.87 bits per heavy atom. The largest absolute Gasteiger partial charge is 0.355 e. The Bertz CT molecular complexity index is 1310. The number of fused-ring (bicyclic) bond motifs is 1. The Labute approximate surface area is 184 Å². The standard InChI is InChI=1S/C25H18ClN3O2/c1-2-16-3-10-21(11-4-16)28-25(30)19(15-27)13-17-5-12-23-22(14-17)24(31-29-23)18-6-8-20(26)9-7-18/h3-14H,2H2,1H3,(H,28,30)/b19-13+. The van der Waals surface area contributed by atoms with Gasteiger partial charge in [0.05, 0.1) is 5.39 Å². The number of aryl methyl sites for hydroxylation is 1. The molecule has 0 aliphatic rings. The van der Waals surface area contributed by atoms with E-state index in [1.54, 1.807) is 30.3 Å². The number of hydrogen-bond acceptors (Lipinski definition) is 4. The fourth-order valence-corrected chi connectivity index (χ4v) is 3.32. The summed E-state index contributed by atoms with van der Waals surface area (Å²) in [6, 6.07) is 22.2. The highest BCUT2D eigenvalue weighted by Gasteiger charge is 2.13. The molecule has 1 N–H and O–H groups in total. The Morgan fingerprint density at radius 1 is 1.13 bits per heavy atom. The van der Waals surface area contributed by atoms with Crippen molar-refractivity contribution in [2.24, 2.45) is 0 Å². The van der Waals surface area contributed by atoms with Gasteiger partial charge in [-0.1, -0.05) is 41.9 Å². The second kappa shape index (κ2) is 8.86. The van der Waals surface area contributed by atoms with E-state index in [1.807, 2.05) is 48.5 Å². The molecule has 0 saturated heterocycles. The maximum absolute atomic E-state index is 12.6. The molecular formula is C25H18ClN3O2. The van der Waals surface area contributed by atoms with Crippen LogP contribution in [0.25, 0.3) is 28.3 Å². The molecule has 1 aromatic heterocycles. The summed E-state index contributed by atoms with van der Waals surface area (Å²) in [7, 11) is 0. The molecule has 0 spiro atoms. The lowest BCUT2D eigenvalue weighted by molar-refractivity contribution is -0.112. The van der Waals surface area contributed by atoms with E-state index in [-0.39, 0.29) is 5.57 Å². The monoisotopic (exact) mass is 427 g/mol. The molecule has 0 bridgehead atoms. The van der Waals surface area contributed by atoms with E-state index in [4.69, 9.17) is 16.1 Å². The molecule has 6 heteroatoms. The van der Waals surface area contributed by atoms with E-state index in [0.717, 1.165) is 17.4 Å². The van der Waals surface area contributed by atoms with E-state index in [2.05, 4.69) is 17.4 Å². The predicted molar refractivity (Wildman–Crippen MR) is 122 cm³/mol. The number of rotatable bonds is 5. The number of benzene rings is 3. The Hall–Kier alpha value is -3.88. The van der Waals surface area contributed by atoms with E-state index >= 15 is 0 Å². The van der Waals surface area contributed by atoms with Gasteiger partial charge < -0.3 is 9.84 Å². The first-order valence-corrected chi connectivity index (χ1v) is 10.1. The van der Waals surface area contributed by atoms with Crippen molar-refractivity contribution in [3.05, 3.63) is 88.5 Å². The van der Waals surface area contributed by atoms with E-state index < -0.39 is 5.91 Å². The summed E-state index contributed by atoms with van der Waals surface area (Å²) >= 11 is 5.97. The minimum absolute atomic E-state index is 0.00316. The minimum atomic E-state index is -0.463. The number of nitriles is 1. The number of anilines is 1. The number of nitrogens with one attached hydrogen (secondary N) is 1. The lowest BCUT2D eigenvalue weighted by Crippen LogP contribution is -2.13. The van der Waals surface area contributed by atoms with Gasteiger partial charge >= 0.3 is 0 Å². The van der Waals surface area contributed by atoms with Gasteiger partial charge in [0.1, 0.15) is 17.2 Å². The number of carbonyl (C=O) groups is 1. The van der Waals surface area contributed by atoms with Crippen LogP contribution >= 0.6 is 11.6 Å². The molecule has 0 aliphatic carbocycles. The molecule has 1 amide bonds. The van der Waals surface area contributed by atoms with Crippen LogP contribution < -0.4 is 5.32 Å². The van der Waals surface area contributed by atoms with Gasteiger partial charge in [0.25, 0.3) is 5.91 Å². The molecule has 0 unspecified atom stereocenters. The van der Waals surface area contributed by atoms with Crippen molar-refractivity contribution < 1.29 is 9.32 Å². The number of aromatic nitrogens is 1. The first kappa shape index (κ1) is 20.4. The van der Waals surface area contributed by atoms with Gasteiger partial charge in [-0.15, -0.1) is 0 Å². The molecule has 0 aliphatic heterocycles. The lowest BCUT2D eigenvalue weighted by Gasteiger charge is -2.05. The number of halogens is 1. The van der Waals surface area contributed by atoms with Crippen LogP contribution in [0, 0.1) is 11.3 Å². The van der Waals surface area contributed by atoms with E-state index in [1.165, 1.54) is 5.56 Å². The molecule has 1 heterocycles. The van der Waals surface area contributed by atoms with E-state index in [0.29, 0.717) is 27.6 Å². The quantitative estimate of drug-likeness (QED) is 0.301.